The Morgan fingerprint density at radius 1 is 1.53 bits per heavy atom. The van der Waals surface area contributed by atoms with Gasteiger partial charge in [0.2, 0.25) is 0 Å². The maximum absolute atomic E-state index is 13.6. The average molecular weight is 299 g/mol. The molecular formula is C11H8BrFN2O2. The van der Waals surface area contributed by atoms with Crippen LogP contribution >= 0.6 is 15.9 Å². The second-order valence-corrected chi connectivity index (χ2v) is 4.20. The van der Waals surface area contributed by atoms with Crippen LogP contribution in [0.15, 0.2) is 33.4 Å². The van der Waals surface area contributed by atoms with E-state index in [1.165, 1.54) is 18.4 Å². The van der Waals surface area contributed by atoms with Crippen molar-refractivity contribution in [3.63, 3.8) is 0 Å². The molecule has 0 unspecified atom stereocenters. The van der Waals surface area contributed by atoms with Crippen molar-refractivity contribution in [2.45, 2.75) is 6.92 Å². The van der Waals surface area contributed by atoms with Crippen LogP contribution < -0.4 is 5.32 Å². The Balaban J connectivity index is 2.23. The largest absolute Gasteiger partial charge is 0.432 e. The molecule has 0 fully saturated rings. The van der Waals surface area contributed by atoms with Crippen molar-refractivity contribution < 1.29 is 13.6 Å². The maximum Gasteiger partial charge on any atom is 0.301 e. The zero-order chi connectivity index (χ0) is 12.4. The van der Waals surface area contributed by atoms with Crippen LogP contribution in [0.2, 0.25) is 0 Å². The van der Waals surface area contributed by atoms with Crippen molar-refractivity contribution >= 4 is 27.9 Å². The van der Waals surface area contributed by atoms with E-state index in [-0.39, 0.29) is 16.1 Å². The first-order valence-corrected chi connectivity index (χ1v) is 5.54. The molecule has 0 saturated heterocycles. The van der Waals surface area contributed by atoms with Crippen molar-refractivity contribution in [2.24, 2.45) is 0 Å². The van der Waals surface area contributed by atoms with E-state index in [0.29, 0.717) is 5.69 Å². The fourth-order valence-corrected chi connectivity index (χ4v) is 1.62. The number of aryl methyl sites for hydroxylation is 1. The molecule has 2 aromatic rings. The number of oxazole rings is 1. The number of anilines is 1. The Bertz CT molecular complexity index is 568. The number of halogens is 2. The molecule has 0 atom stereocenters. The van der Waals surface area contributed by atoms with Gasteiger partial charge < -0.3 is 4.42 Å². The SMILES string of the molecule is Cc1coc(NC(=O)c2cccc(Br)c2F)n1. The van der Waals surface area contributed by atoms with Gasteiger partial charge in [0.15, 0.2) is 0 Å². The Labute approximate surface area is 105 Å². The summed E-state index contributed by atoms with van der Waals surface area (Å²) in [4.78, 5) is 15.6. The molecule has 0 aliphatic carbocycles. The molecule has 0 spiro atoms. The minimum Gasteiger partial charge on any atom is -0.432 e. The second kappa shape index (κ2) is 4.67. The molecule has 6 heteroatoms. The number of rotatable bonds is 2. The quantitative estimate of drug-likeness (QED) is 0.927. The molecule has 0 aliphatic rings. The third-order valence-corrected chi connectivity index (χ3v) is 2.65. The van der Waals surface area contributed by atoms with E-state index in [9.17, 15) is 9.18 Å². The van der Waals surface area contributed by atoms with Gasteiger partial charge in [0.1, 0.15) is 12.1 Å². The van der Waals surface area contributed by atoms with E-state index in [2.05, 4.69) is 26.2 Å². The van der Waals surface area contributed by atoms with Crippen LogP contribution in [0, 0.1) is 12.7 Å². The fourth-order valence-electron chi connectivity index (χ4n) is 1.26. The Kier molecular flexibility index (Phi) is 3.23. The number of amides is 1. The van der Waals surface area contributed by atoms with E-state index in [1.807, 2.05) is 0 Å². The lowest BCUT2D eigenvalue weighted by Gasteiger charge is -2.03. The summed E-state index contributed by atoms with van der Waals surface area (Å²) in [6.45, 7) is 1.72. The number of hydrogen-bond donors (Lipinski definition) is 1. The number of benzene rings is 1. The van der Waals surface area contributed by atoms with Gasteiger partial charge in [0.05, 0.1) is 15.7 Å². The Morgan fingerprint density at radius 2 is 2.29 bits per heavy atom. The van der Waals surface area contributed by atoms with Crippen LogP contribution in [0.3, 0.4) is 0 Å². The van der Waals surface area contributed by atoms with E-state index in [1.54, 1.807) is 13.0 Å². The molecule has 0 aliphatic heterocycles. The second-order valence-electron chi connectivity index (χ2n) is 3.35. The highest BCUT2D eigenvalue weighted by molar-refractivity contribution is 9.10. The van der Waals surface area contributed by atoms with Crippen LogP contribution in [0.5, 0.6) is 0 Å². The van der Waals surface area contributed by atoms with Crippen molar-refractivity contribution in [3.05, 3.63) is 46.0 Å². The number of nitrogens with one attached hydrogen (secondary N) is 1. The van der Waals surface area contributed by atoms with Gasteiger partial charge >= 0.3 is 6.01 Å². The first kappa shape index (κ1) is 11.8. The molecule has 1 aromatic carbocycles. The van der Waals surface area contributed by atoms with E-state index in [4.69, 9.17) is 4.42 Å². The topological polar surface area (TPSA) is 55.1 Å². The molecular weight excluding hydrogens is 291 g/mol. The molecule has 88 valence electrons. The van der Waals surface area contributed by atoms with Gasteiger partial charge in [-0.25, -0.2) is 4.39 Å². The van der Waals surface area contributed by atoms with Crippen molar-refractivity contribution in [2.75, 3.05) is 5.32 Å². The third-order valence-electron chi connectivity index (χ3n) is 2.04. The first-order valence-electron chi connectivity index (χ1n) is 4.75. The van der Waals surface area contributed by atoms with Crippen LogP contribution in [-0.2, 0) is 0 Å². The standard InChI is InChI=1S/C11H8BrFN2O2/c1-6-5-17-11(14-6)15-10(16)7-3-2-4-8(12)9(7)13/h2-5H,1H3,(H,14,15,16). The van der Waals surface area contributed by atoms with Gasteiger partial charge in [0, 0.05) is 0 Å². The summed E-state index contributed by atoms with van der Waals surface area (Å²) in [5.74, 6) is -1.22. The summed E-state index contributed by atoms with van der Waals surface area (Å²) in [6.07, 6.45) is 1.40. The van der Waals surface area contributed by atoms with Crippen LogP contribution in [0.4, 0.5) is 10.4 Å². The number of hydrogen-bond acceptors (Lipinski definition) is 3. The number of carbonyl (C=O) groups excluding carboxylic acids is 1. The van der Waals surface area contributed by atoms with Gasteiger partial charge in [-0.05, 0) is 35.0 Å². The molecule has 1 amide bonds. The fraction of sp³-hybridized carbons (Fsp3) is 0.0909. The molecule has 1 heterocycles. The monoisotopic (exact) mass is 298 g/mol. The van der Waals surface area contributed by atoms with Crippen molar-refractivity contribution in [3.8, 4) is 0 Å². The van der Waals surface area contributed by atoms with Gasteiger partial charge in [-0.3, -0.25) is 10.1 Å². The third kappa shape index (κ3) is 2.52. The first-order chi connectivity index (χ1) is 8.08. The summed E-state index contributed by atoms with van der Waals surface area (Å²) in [5.41, 5.74) is 0.560. The number of nitrogens with zero attached hydrogens (tertiary/aromatic N) is 1. The van der Waals surface area contributed by atoms with Crippen LogP contribution in [-0.4, -0.2) is 10.9 Å². The highest BCUT2D eigenvalue weighted by atomic mass is 79.9. The molecule has 4 nitrogen and oxygen atoms in total. The summed E-state index contributed by atoms with van der Waals surface area (Å²) in [7, 11) is 0. The summed E-state index contributed by atoms with van der Waals surface area (Å²) in [6, 6.07) is 4.52. The molecule has 1 aromatic heterocycles. The van der Waals surface area contributed by atoms with E-state index < -0.39 is 11.7 Å². The van der Waals surface area contributed by atoms with E-state index >= 15 is 0 Å². The Morgan fingerprint density at radius 3 is 2.94 bits per heavy atom. The van der Waals surface area contributed by atoms with E-state index in [0.717, 1.165) is 0 Å². The average Bonchev–Trinajstić information content (AvgIpc) is 2.68. The van der Waals surface area contributed by atoms with Crippen molar-refractivity contribution in [1.82, 2.24) is 4.98 Å². The normalized spacial score (nSPS) is 10.3. The molecule has 0 bridgehead atoms. The van der Waals surface area contributed by atoms with Gasteiger partial charge in [-0.2, -0.15) is 4.98 Å². The van der Waals surface area contributed by atoms with Crippen molar-refractivity contribution in [1.29, 1.82) is 0 Å². The lowest BCUT2D eigenvalue weighted by atomic mass is 10.2. The molecule has 1 N–H and O–H groups in total. The van der Waals surface area contributed by atoms with Crippen LogP contribution in [0.1, 0.15) is 16.1 Å². The minimum absolute atomic E-state index is 0.0480. The van der Waals surface area contributed by atoms with Gasteiger partial charge in [-0.15, -0.1) is 0 Å². The zero-order valence-corrected chi connectivity index (χ0v) is 10.4. The lowest BCUT2D eigenvalue weighted by Crippen LogP contribution is -2.14. The van der Waals surface area contributed by atoms with Gasteiger partial charge in [-0.1, -0.05) is 6.07 Å². The number of carbonyl (C=O) groups is 1. The minimum atomic E-state index is -0.617. The predicted octanol–water partition coefficient (Wildman–Crippen LogP) is 3.14. The lowest BCUT2D eigenvalue weighted by molar-refractivity contribution is 0.102. The maximum atomic E-state index is 13.6. The van der Waals surface area contributed by atoms with Gasteiger partial charge in [0.25, 0.3) is 5.91 Å². The smallest absolute Gasteiger partial charge is 0.301 e. The molecule has 17 heavy (non-hydrogen) atoms. The zero-order valence-electron chi connectivity index (χ0n) is 8.83. The highest BCUT2D eigenvalue weighted by Gasteiger charge is 2.15. The molecule has 0 radical (unpaired) electrons. The summed E-state index contributed by atoms with van der Waals surface area (Å²) >= 11 is 3.01. The highest BCUT2D eigenvalue weighted by Crippen LogP contribution is 2.19. The molecule has 0 saturated carbocycles. The predicted molar refractivity (Wildman–Crippen MR) is 63.3 cm³/mol. The Hall–Kier alpha value is -1.69. The summed E-state index contributed by atoms with van der Waals surface area (Å²) in [5, 5.41) is 2.37. The number of aromatic nitrogens is 1. The summed E-state index contributed by atoms with van der Waals surface area (Å²) < 4.78 is 18.8. The van der Waals surface area contributed by atoms with Crippen LogP contribution in [0.25, 0.3) is 0 Å². The molecule has 2 rings (SSSR count).